The van der Waals surface area contributed by atoms with Gasteiger partial charge in [-0.25, -0.2) is 0 Å². The number of piperidine rings is 1. The fourth-order valence-corrected chi connectivity index (χ4v) is 2.56. The molecule has 0 bridgehead atoms. The lowest BCUT2D eigenvalue weighted by Gasteiger charge is -2.42. The van der Waals surface area contributed by atoms with Gasteiger partial charge in [-0.2, -0.15) is 0 Å². The van der Waals surface area contributed by atoms with Crippen LogP contribution in [0, 0.1) is 17.3 Å². The molecule has 100 valence electrons. The summed E-state index contributed by atoms with van der Waals surface area (Å²) in [5.74, 6) is 0.234. The molecule has 1 heterocycles. The van der Waals surface area contributed by atoms with E-state index in [1.54, 1.807) is 0 Å². The van der Waals surface area contributed by atoms with Gasteiger partial charge in [-0.05, 0) is 52.0 Å². The van der Waals surface area contributed by atoms with Gasteiger partial charge in [0, 0.05) is 12.6 Å². The Morgan fingerprint density at radius 2 is 1.94 bits per heavy atom. The third-order valence-corrected chi connectivity index (χ3v) is 4.57. The second-order valence-corrected chi connectivity index (χ2v) is 6.35. The first kappa shape index (κ1) is 14.5. The maximum atomic E-state index is 11.3. The Morgan fingerprint density at radius 3 is 2.41 bits per heavy atom. The van der Waals surface area contributed by atoms with Gasteiger partial charge >= 0.3 is 5.97 Å². The number of carboxylic acids is 1. The Kier molecular flexibility index (Phi) is 4.59. The lowest BCUT2D eigenvalue weighted by atomic mass is 9.74. The van der Waals surface area contributed by atoms with Crippen LogP contribution in [0.25, 0.3) is 0 Å². The van der Waals surface area contributed by atoms with Gasteiger partial charge in [0.05, 0.1) is 5.41 Å². The zero-order valence-corrected chi connectivity index (χ0v) is 11.9. The van der Waals surface area contributed by atoms with Crippen molar-refractivity contribution < 1.29 is 9.90 Å². The molecule has 0 aromatic heterocycles. The van der Waals surface area contributed by atoms with Gasteiger partial charge in [-0.1, -0.05) is 13.8 Å². The minimum atomic E-state index is -0.665. The number of nitrogens with zero attached hydrogens (tertiary/aromatic N) is 1. The van der Waals surface area contributed by atoms with Crippen molar-refractivity contribution in [3.8, 4) is 0 Å². The topological polar surface area (TPSA) is 40.5 Å². The Labute approximate surface area is 105 Å². The predicted octanol–water partition coefficient (Wildman–Crippen LogP) is 2.85. The molecule has 3 nitrogen and oxygen atoms in total. The molecule has 17 heavy (non-hydrogen) atoms. The molecule has 0 aromatic rings. The standard InChI is InChI=1S/C14H27NO2/c1-10(2)11(3)15-8-6-7-12(9-15)14(4,5)13(16)17/h10-12H,6-9H2,1-5H3,(H,16,17). The molecule has 2 atom stereocenters. The highest BCUT2D eigenvalue weighted by molar-refractivity contribution is 5.74. The highest BCUT2D eigenvalue weighted by Crippen LogP contribution is 2.35. The van der Waals surface area contributed by atoms with Crippen LogP contribution in [0.5, 0.6) is 0 Å². The molecule has 0 radical (unpaired) electrons. The Balaban J connectivity index is 2.70. The first-order valence-corrected chi connectivity index (χ1v) is 6.74. The number of hydrogen-bond donors (Lipinski definition) is 1. The molecule has 0 saturated carbocycles. The molecule has 0 aromatic carbocycles. The van der Waals surface area contributed by atoms with Crippen molar-refractivity contribution in [3.63, 3.8) is 0 Å². The summed E-state index contributed by atoms with van der Waals surface area (Å²) in [4.78, 5) is 13.8. The van der Waals surface area contributed by atoms with Gasteiger partial charge in [0.15, 0.2) is 0 Å². The van der Waals surface area contributed by atoms with E-state index >= 15 is 0 Å². The SMILES string of the molecule is CC(C)C(C)N1CCCC(C(C)(C)C(=O)O)C1. The molecule has 1 N–H and O–H groups in total. The second kappa shape index (κ2) is 5.38. The van der Waals surface area contributed by atoms with Gasteiger partial charge in [-0.15, -0.1) is 0 Å². The minimum Gasteiger partial charge on any atom is -0.481 e. The third kappa shape index (κ3) is 3.21. The van der Waals surface area contributed by atoms with Gasteiger partial charge in [0.1, 0.15) is 0 Å². The molecule has 1 aliphatic heterocycles. The number of carbonyl (C=O) groups is 1. The third-order valence-electron chi connectivity index (χ3n) is 4.57. The summed E-state index contributed by atoms with van der Waals surface area (Å²) in [6.45, 7) is 12.5. The van der Waals surface area contributed by atoms with Crippen LogP contribution >= 0.6 is 0 Å². The maximum absolute atomic E-state index is 11.3. The fraction of sp³-hybridized carbons (Fsp3) is 0.929. The molecule has 0 spiro atoms. The van der Waals surface area contributed by atoms with E-state index in [1.807, 2.05) is 13.8 Å². The van der Waals surface area contributed by atoms with E-state index in [0.717, 1.165) is 25.9 Å². The highest BCUT2D eigenvalue weighted by atomic mass is 16.4. The summed E-state index contributed by atoms with van der Waals surface area (Å²) in [6.07, 6.45) is 2.17. The highest BCUT2D eigenvalue weighted by Gasteiger charge is 2.39. The quantitative estimate of drug-likeness (QED) is 0.822. The number of likely N-dealkylation sites (tertiary alicyclic amines) is 1. The van der Waals surface area contributed by atoms with Crippen LogP contribution in [0.1, 0.15) is 47.5 Å². The average Bonchev–Trinajstić information content (AvgIpc) is 2.27. The van der Waals surface area contributed by atoms with E-state index in [4.69, 9.17) is 0 Å². The molecular formula is C14H27NO2. The Bertz CT molecular complexity index is 273. The average molecular weight is 241 g/mol. The summed E-state index contributed by atoms with van der Waals surface area (Å²) in [5, 5.41) is 9.31. The van der Waals surface area contributed by atoms with Crippen molar-refractivity contribution in [1.82, 2.24) is 4.90 Å². The fourth-order valence-electron chi connectivity index (χ4n) is 2.56. The normalized spacial score (nSPS) is 24.9. The summed E-state index contributed by atoms with van der Waals surface area (Å²) >= 11 is 0. The van der Waals surface area contributed by atoms with E-state index in [-0.39, 0.29) is 5.92 Å². The molecule has 0 aliphatic carbocycles. The van der Waals surface area contributed by atoms with E-state index in [1.165, 1.54) is 0 Å². The Morgan fingerprint density at radius 1 is 1.35 bits per heavy atom. The number of aliphatic carboxylic acids is 1. The van der Waals surface area contributed by atoms with Crippen molar-refractivity contribution in [1.29, 1.82) is 0 Å². The van der Waals surface area contributed by atoms with Gasteiger partial charge < -0.3 is 10.0 Å². The first-order valence-electron chi connectivity index (χ1n) is 6.74. The van der Waals surface area contributed by atoms with Gasteiger partial charge in [0.2, 0.25) is 0 Å². The maximum Gasteiger partial charge on any atom is 0.309 e. The van der Waals surface area contributed by atoms with E-state index in [0.29, 0.717) is 12.0 Å². The second-order valence-electron chi connectivity index (χ2n) is 6.35. The van der Waals surface area contributed by atoms with Crippen LogP contribution in [0.2, 0.25) is 0 Å². The van der Waals surface area contributed by atoms with E-state index in [2.05, 4.69) is 25.7 Å². The molecule has 1 fully saturated rings. The molecule has 0 amide bonds. The van der Waals surface area contributed by atoms with Crippen LogP contribution in [0.15, 0.2) is 0 Å². The number of rotatable bonds is 4. The molecular weight excluding hydrogens is 214 g/mol. The molecule has 1 saturated heterocycles. The largest absolute Gasteiger partial charge is 0.481 e. The van der Waals surface area contributed by atoms with Crippen molar-refractivity contribution in [2.24, 2.45) is 17.3 Å². The van der Waals surface area contributed by atoms with Crippen LogP contribution in [-0.4, -0.2) is 35.1 Å². The van der Waals surface area contributed by atoms with E-state index in [9.17, 15) is 9.90 Å². The van der Waals surface area contributed by atoms with Crippen molar-refractivity contribution in [2.45, 2.75) is 53.5 Å². The van der Waals surface area contributed by atoms with Crippen molar-refractivity contribution in [2.75, 3.05) is 13.1 Å². The summed E-state index contributed by atoms with van der Waals surface area (Å²) in [6, 6.07) is 0.544. The monoisotopic (exact) mass is 241 g/mol. The molecule has 2 unspecified atom stereocenters. The molecule has 3 heteroatoms. The lowest BCUT2D eigenvalue weighted by molar-refractivity contribution is -0.151. The summed E-state index contributed by atoms with van der Waals surface area (Å²) < 4.78 is 0. The van der Waals surface area contributed by atoms with Crippen LogP contribution in [-0.2, 0) is 4.79 Å². The summed E-state index contributed by atoms with van der Waals surface area (Å²) in [5.41, 5.74) is -0.602. The smallest absolute Gasteiger partial charge is 0.309 e. The van der Waals surface area contributed by atoms with Crippen molar-refractivity contribution in [3.05, 3.63) is 0 Å². The zero-order chi connectivity index (χ0) is 13.2. The lowest BCUT2D eigenvalue weighted by Crippen LogP contribution is -2.48. The van der Waals surface area contributed by atoms with Crippen LogP contribution in [0.4, 0.5) is 0 Å². The van der Waals surface area contributed by atoms with Crippen LogP contribution < -0.4 is 0 Å². The number of carboxylic acid groups (broad SMARTS) is 1. The summed E-state index contributed by atoms with van der Waals surface area (Å²) in [7, 11) is 0. The predicted molar refractivity (Wildman–Crippen MR) is 70.0 cm³/mol. The zero-order valence-electron chi connectivity index (χ0n) is 11.9. The minimum absolute atomic E-state index is 0.273. The van der Waals surface area contributed by atoms with Gasteiger partial charge in [-0.3, -0.25) is 4.79 Å². The number of hydrogen-bond acceptors (Lipinski definition) is 2. The first-order chi connectivity index (χ1) is 7.76. The Hall–Kier alpha value is -0.570. The van der Waals surface area contributed by atoms with Gasteiger partial charge in [0.25, 0.3) is 0 Å². The van der Waals surface area contributed by atoms with Crippen molar-refractivity contribution >= 4 is 5.97 Å². The van der Waals surface area contributed by atoms with Crippen LogP contribution in [0.3, 0.4) is 0 Å². The molecule has 1 rings (SSSR count). The molecule has 1 aliphatic rings. The van der Waals surface area contributed by atoms with E-state index < -0.39 is 11.4 Å².